The van der Waals surface area contributed by atoms with Gasteiger partial charge in [0.1, 0.15) is 0 Å². The summed E-state index contributed by atoms with van der Waals surface area (Å²) in [6.07, 6.45) is 0.413. The van der Waals surface area contributed by atoms with Gasteiger partial charge in [0.15, 0.2) is 0 Å². The third kappa shape index (κ3) is 5.84. The van der Waals surface area contributed by atoms with E-state index in [1.54, 1.807) is 6.07 Å². The SMILES string of the molecule is CCN(CCC(=O)Nc1ccc(N)cc1C)CC(C)C#N. The maximum Gasteiger partial charge on any atom is 0.225 e. The number of amides is 1. The van der Waals surface area contributed by atoms with Crippen LogP contribution in [0, 0.1) is 24.2 Å². The number of nitrogens with two attached hydrogens (primary N) is 1. The maximum absolute atomic E-state index is 12.0. The van der Waals surface area contributed by atoms with Crippen LogP contribution in [0.5, 0.6) is 0 Å². The van der Waals surface area contributed by atoms with Gasteiger partial charge in [0.25, 0.3) is 0 Å². The number of nitrogens with one attached hydrogen (secondary N) is 1. The quantitative estimate of drug-likeness (QED) is 0.755. The molecule has 0 aliphatic heterocycles. The maximum atomic E-state index is 12.0. The zero-order chi connectivity index (χ0) is 15.8. The molecule has 0 fully saturated rings. The lowest BCUT2D eigenvalue weighted by atomic mass is 10.1. The topological polar surface area (TPSA) is 82.2 Å². The minimum atomic E-state index is -0.0223. The summed E-state index contributed by atoms with van der Waals surface area (Å²) in [5, 5.41) is 11.7. The zero-order valence-electron chi connectivity index (χ0n) is 13.0. The number of nitriles is 1. The first kappa shape index (κ1) is 17.0. The summed E-state index contributed by atoms with van der Waals surface area (Å²) in [4.78, 5) is 14.1. The fourth-order valence-electron chi connectivity index (χ4n) is 2.11. The van der Waals surface area contributed by atoms with Crippen molar-refractivity contribution in [3.63, 3.8) is 0 Å². The van der Waals surface area contributed by atoms with Crippen LogP contribution in [0.2, 0.25) is 0 Å². The van der Waals surface area contributed by atoms with Gasteiger partial charge in [-0.05, 0) is 44.2 Å². The van der Waals surface area contributed by atoms with Crippen LogP contribution in [0.4, 0.5) is 11.4 Å². The fourth-order valence-corrected chi connectivity index (χ4v) is 2.11. The summed E-state index contributed by atoms with van der Waals surface area (Å²) in [6, 6.07) is 7.64. The summed E-state index contributed by atoms with van der Waals surface area (Å²) in [5.74, 6) is -0.0433. The molecular weight excluding hydrogens is 264 g/mol. The second kappa shape index (κ2) is 8.28. The minimum absolute atomic E-state index is 0.0210. The Kier molecular flexibility index (Phi) is 6.70. The number of benzene rings is 1. The first-order valence-corrected chi connectivity index (χ1v) is 7.24. The third-order valence-electron chi connectivity index (χ3n) is 3.38. The van der Waals surface area contributed by atoms with Crippen LogP contribution in [-0.4, -0.2) is 30.4 Å². The number of nitrogens with zero attached hydrogens (tertiary/aromatic N) is 2. The largest absolute Gasteiger partial charge is 0.399 e. The van der Waals surface area contributed by atoms with Crippen molar-refractivity contribution in [2.75, 3.05) is 30.7 Å². The van der Waals surface area contributed by atoms with E-state index in [0.29, 0.717) is 25.2 Å². The third-order valence-corrected chi connectivity index (χ3v) is 3.38. The summed E-state index contributed by atoms with van der Waals surface area (Å²) in [6.45, 7) is 8.02. The molecule has 1 aromatic rings. The lowest BCUT2D eigenvalue weighted by Crippen LogP contribution is -2.31. The lowest BCUT2D eigenvalue weighted by molar-refractivity contribution is -0.116. The van der Waals surface area contributed by atoms with Crippen LogP contribution in [0.3, 0.4) is 0 Å². The predicted molar refractivity (Wildman–Crippen MR) is 85.7 cm³/mol. The van der Waals surface area contributed by atoms with Crippen molar-refractivity contribution in [1.29, 1.82) is 5.26 Å². The molecule has 0 saturated heterocycles. The average molecular weight is 288 g/mol. The highest BCUT2D eigenvalue weighted by Gasteiger charge is 2.11. The number of nitrogen functional groups attached to an aromatic ring is 1. The Bertz CT molecular complexity index is 521. The molecule has 0 aliphatic rings. The molecule has 1 unspecified atom stereocenters. The standard InChI is InChI=1S/C16H24N4O/c1-4-20(11-12(2)10-17)8-7-16(21)19-15-6-5-14(18)9-13(15)3/h5-6,9,12H,4,7-8,11,18H2,1-3H3,(H,19,21). The van der Waals surface area contributed by atoms with Crippen LogP contribution < -0.4 is 11.1 Å². The summed E-state index contributed by atoms with van der Waals surface area (Å²) < 4.78 is 0. The van der Waals surface area contributed by atoms with Crippen molar-refractivity contribution in [1.82, 2.24) is 4.90 Å². The Morgan fingerprint density at radius 1 is 1.52 bits per heavy atom. The van der Waals surface area contributed by atoms with Gasteiger partial charge in [0.05, 0.1) is 12.0 Å². The van der Waals surface area contributed by atoms with E-state index in [2.05, 4.69) is 16.3 Å². The van der Waals surface area contributed by atoms with Gasteiger partial charge >= 0.3 is 0 Å². The Labute approximate surface area is 126 Å². The molecule has 0 saturated carbocycles. The average Bonchev–Trinajstić information content (AvgIpc) is 2.46. The second-order valence-electron chi connectivity index (χ2n) is 5.30. The molecule has 0 spiro atoms. The van der Waals surface area contributed by atoms with E-state index in [-0.39, 0.29) is 11.8 Å². The Morgan fingerprint density at radius 2 is 2.24 bits per heavy atom. The molecular formula is C16H24N4O. The second-order valence-corrected chi connectivity index (χ2v) is 5.30. The number of anilines is 2. The van der Waals surface area contributed by atoms with Gasteiger partial charge in [-0.3, -0.25) is 4.79 Å². The molecule has 5 heteroatoms. The normalized spacial score (nSPS) is 12.0. The van der Waals surface area contributed by atoms with E-state index < -0.39 is 0 Å². The molecule has 5 nitrogen and oxygen atoms in total. The molecule has 21 heavy (non-hydrogen) atoms. The van der Waals surface area contributed by atoms with Gasteiger partial charge in [-0.1, -0.05) is 6.92 Å². The minimum Gasteiger partial charge on any atom is -0.399 e. The lowest BCUT2D eigenvalue weighted by Gasteiger charge is -2.21. The zero-order valence-corrected chi connectivity index (χ0v) is 13.0. The molecule has 114 valence electrons. The van der Waals surface area contributed by atoms with E-state index >= 15 is 0 Å². The van der Waals surface area contributed by atoms with Crippen LogP contribution in [-0.2, 0) is 4.79 Å². The molecule has 1 rings (SSSR count). The number of aryl methyl sites for hydroxylation is 1. The van der Waals surface area contributed by atoms with E-state index in [1.165, 1.54) is 0 Å². The fraction of sp³-hybridized carbons (Fsp3) is 0.500. The van der Waals surface area contributed by atoms with Gasteiger partial charge in [0.2, 0.25) is 5.91 Å². The molecule has 0 heterocycles. The molecule has 0 aromatic heterocycles. The molecule has 0 aliphatic carbocycles. The van der Waals surface area contributed by atoms with Gasteiger partial charge in [-0.2, -0.15) is 5.26 Å². The van der Waals surface area contributed by atoms with Crippen molar-refractivity contribution >= 4 is 17.3 Å². The van der Waals surface area contributed by atoms with E-state index in [1.807, 2.05) is 32.9 Å². The highest BCUT2D eigenvalue weighted by molar-refractivity contribution is 5.91. The van der Waals surface area contributed by atoms with E-state index in [9.17, 15) is 4.79 Å². The Hall–Kier alpha value is -2.06. The number of hydrogen-bond donors (Lipinski definition) is 2. The van der Waals surface area contributed by atoms with Gasteiger partial charge in [-0.15, -0.1) is 0 Å². The molecule has 1 aromatic carbocycles. The Balaban J connectivity index is 2.48. The van der Waals surface area contributed by atoms with Crippen LogP contribution in [0.1, 0.15) is 25.8 Å². The first-order chi connectivity index (χ1) is 9.96. The summed E-state index contributed by atoms with van der Waals surface area (Å²) in [7, 11) is 0. The number of rotatable bonds is 7. The predicted octanol–water partition coefficient (Wildman–Crippen LogP) is 2.39. The van der Waals surface area contributed by atoms with Crippen LogP contribution in [0.15, 0.2) is 18.2 Å². The number of carbonyl (C=O) groups is 1. The summed E-state index contributed by atoms with van der Waals surface area (Å²) in [5.41, 5.74) is 8.12. The van der Waals surface area contributed by atoms with Crippen molar-refractivity contribution in [3.05, 3.63) is 23.8 Å². The number of hydrogen-bond acceptors (Lipinski definition) is 4. The van der Waals surface area contributed by atoms with E-state index in [4.69, 9.17) is 11.0 Å². The van der Waals surface area contributed by atoms with Crippen LogP contribution >= 0.6 is 0 Å². The molecule has 1 amide bonds. The molecule has 1 atom stereocenters. The van der Waals surface area contributed by atoms with Gasteiger partial charge < -0.3 is 16.0 Å². The van der Waals surface area contributed by atoms with Gasteiger partial charge in [0, 0.05) is 30.9 Å². The van der Waals surface area contributed by atoms with Crippen molar-refractivity contribution in [2.24, 2.45) is 5.92 Å². The Morgan fingerprint density at radius 3 is 2.81 bits per heavy atom. The monoisotopic (exact) mass is 288 g/mol. The van der Waals surface area contributed by atoms with Crippen LogP contribution in [0.25, 0.3) is 0 Å². The molecule has 0 radical (unpaired) electrons. The van der Waals surface area contributed by atoms with E-state index in [0.717, 1.165) is 17.8 Å². The summed E-state index contributed by atoms with van der Waals surface area (Å²) >= 11 is 0. The van der Waals surface area contributed by atoms with Crippen molar-refractivity contribution < 1.29 is 4.79 Å². The molecule has 0 bridgehead atoms. The van der Waals surface area contributed by atoms with Crippen molar-refractivity contribution in [3.8, 4) is 6.07 Å². The van der Waals surface area contributed by atoms with Gasteiger partial charge in [-0.25, -0.2) is 0 Å². The molecule has 3 N–H and O–H groups in total. The smallest absolute Gasteiger partial charge is 0.225 e. The number of carbonyl (C=O) groups excluding carboxylic acids is 1. The first-order valence-electron chi connectivity index (χ1n) is 7.24. The highest BCUT2D eigenvalue weighted by Crippen LogP contribution is 2.17. The highest BCUT2D eigenvalue weighted by atomic mass is 16.1. The van der Waals surface area contributed by atoms with Crippen molar-refractivity contribution in [2.45, 2.75) is 27.2 Å².